The highest BCUT2D eigenvalue weighted by Gasteiger charge is 2.47. The highest BCUT2D eigenvalue weighted by Crippen LogP contribution is 2.36. The maximum Gasteiger partial charge on any atom is 0.186 e. The monoisotopic (exact) mass is 1670 g/mol. The summed E-state index contributed by atoms with van der Waals surface area (Å²) in [4.78, 5) is 0. The van der Waals surface area contributed by atoms with Crippen LogP contribution in [0.15, 0.2) is 61.2 Å². The molecule has 4 aliphatic heterocycles. The molecule has 0 saturated carbocycles. The molecule has 4 aliphatic rings. The molecule has 40 heteroatoms. The number of hydrogen-bond acceptors (Lipinski definition) is 36. The van der Waals surface area contributed by atoms with Gasteiger partial charge in [0, 0.05) is 52.6 Å². The van der Waals surface area contributed by atoms with Crippen LogP contribution in [0.25, 0.3) is 0 Å². The first-order valence-corrected chi connectivity index (χ1v) is 41.1. The Hall–Kier alpha value is -6.76. The van der Waals surface area contributed by atoms with Crippen LogP contribution < -0.4 is 18.9 Å². The Morgan fingerprint density at radius 1 is 0.305 bits per heavy atom. The van der Waals surface area contributed by atoms with Crippen molar-refractivity contribution in [3.8, 4) is 23.0 Å². The third-order valence-electron chi connectivity index (χ3n) is 21.6. The van der Waals surface area contributed by atoms with Gasteiger partial charge in [-0.2, -0.15) is 0 Å². The van der Waals surface area contributed by atoms with Gasteiger partial charge in [0.05, 0.1) is 51.2 Å². The van der Waals surface area contributed by atoms with E-state index < -0.39 is 149 Å². The van der Waals surface area contributed by atoms with Gasteiger partial charge in [-0.15, -0.1) is 20.4 Å². The predicted octanol–water partition coefficient (Wildman–Crippen LogP) is -1.07. The van der Waals surface area contributed by atoms with Gasteiger partial charge >= 0.3 is 0 Å². The number of nitrogens with zero attached hydrogens (tertiary/aromatic N) is 12. The van der Waals surface area contributed by atoms with Crippen molar-refractivity contribution in [2.45, 2.75) is 305 Å². The number of benzene rings is 2. The van der Waals surface area contributed by atoms with Crippen molar-refractivity contribution in [2.75, 3.05) is 52.9 Å². The molecule has 22 atom stereocenters. The number of aliphatic hydroxyl groups is 16. The Balaban J connectivity index is 0.732. The van der Waals surface area contributed by atoms with Crippen LogP contribution in [0.5, 0.6) is 23.0 Å². The van der Waals surface area contributed by atoms with E-state index in [9.17, 15) is 81.7 Å². The molecule has 16 N–H and O–H groups in total. The van der Waals surface area contributed by atoms with E-state index >= 15 is 0 Å². The molecule has 0 unspecified atom stereocenters. The molecule has 8 heterocycles. The molecular weight excluding hydrogens is 1550 g/mol. The molecule has 118 heavy (non-hydrogen) atoms. The summed E-state index contributed by atoms with van der Waals surface area (Å²) in [5.41, 5.74) is 4.40. The minimum Gasteiger partial charge on any atom is -0.483 e. The van der Waals surface area contributed by atoms with Gasteiger partial charge in [-0.25, -0.2) is 0 Å². The van der Waals surface area contributed by atoms with Crippen LogP contribution in [-0.4, -0.2) is 317 Å². The third kappa shape index (κ3) is 27.6. The zero-order chi connectivity index (χ0) is 84.0. The molecule has 4 fully saturated rings. The lowest BCUT2D eigenvalue weighted by Crippen LogP contribution is -2.59. The van der Waals surface area contributed by atoms with Gasteiger partial charge in [0.25, 0.3) is 0 Å². The molecular formula is C78H122N12O28. The van der Waals surface area contributed by atoms with E-state index in [1.807, 2.05) is 61.2 Å². The van der Waals surface area contributed by atoms with E-state index in [2.05, 4.69) is 55.1 Å². The molecule has 6 aromatic rings. The summed E-state index contributed by atoms with van der Waals surface area (Å²) in [6, 6.07) is 11.8. The van der Waals surface area contributed by atoms with Crippen molar-refractivity contribution in [3.63, 3.8) is 0 Å². The molecule has 2 aromatic carbocycles. The van der Waals surface area contributed by atoms with Gasteiger partial charge in [0.1, 0.15) is 147 Å². The summed E-state index contributed by atoms with van der Waals surface area (Å²) in [5, 5.41) is 195. The lowest BCUT2D eigenvalue weighted by Gasteiger charge is -2.39. The second-order valence-electron chi connectivity index (χ2n) is 30.9. The SMILES string of the molecule is C[C@H](Cc1ccc(OCc2cn(CCCCCCO[C@@H]3O[C@H](CO)[C@H](O)[C@H](O)[C@H]3O)nn2)c(OCc2cn(CCCCCCO[C@@H]3O[C@H](CO)[C@H](O)[C@H](O)[C@H]3O)nn2)c1)[C@@H](C)Cc1ccc(OCc2cn(CCCCCCO[C@@H]3O[C@H](CO)[C@H](O)[C@H](O)[C@H]3O)nn2)c(OCc2cn(CCCCCCO[C@@H]3O[C@H](CO)[C@H](O)[C@H](O)[C@H]3O)nn2)c1. The zero-order valence-corrected chi connectivity index (χ0v) is 66.9. The van der Waals surface area contributed by atoms with E-state index in [-0.39, 0.29) is 64.7 Å². The lowest BCUT2D eigenvalue weighted by atomic mass is 9.85. The van der Waals surface area contributed by atoms with Crippen molar-refractivity contribution in [1.82, 2.24) is 60.0 Å². The highest BCUT2D eigenvalue weighted by molar-refractivity contribution is 5.44. The normalized spacial score (nSPS) is 28.0. The summed E-state index contributed by atoms with van der Waals surface area (Å²) in [5.74, 6) is 2.24. The summed E-state index contributed by atoms with van der Waals surface area (Å²) < 4.78 is 77.3. The summed E-state index contributed by atoms with van der Waals surface area (Å²) in [6.07, 6.45) is -5.68. The fourth-order valence-corrected chi connectivity index (χ4v) is 14.2. The van der Waals surface area contributed by atoms with Crippen LogP contribution in [-0.2, 0) is 103 Å². The zero-order valence-electron chi connectivity index (χ0n) is 66.9. The Morgan fingerprint density at radius 2 is 0.542 bits per heavy atom. The predicted molar refractivity (Wildman–Crippen MR) is 409 cm³/mol. The summed E-state index contributed by atoms with van der Waals surface area (Å²) in [7, 11) is 0. The number of aliphatic hydroxyl groups excluding tert-OH is 16. The van der Waals surface area contributed by atoms with E-state index in [1.165, 1.54) is 0 Å². The quantitative estimate of drug-likeness (QED) is 0.0202. The molecule has 0 amide bonds. The van der Waals surface area contributed by atoms with Crippen molar-refractivity contribution in [2.24, 2.45) is 11.8 Å². The Labute approximate surface area is 683 Å². The number of aromatic nitrogens is 12. The molecule has 0 bridgehead atoms. The fourth-order valence-electron chi connectivity index (χ4n) is 14.2. The van der Waals surface area contributed by atoms with Crippen LogP contribution in [0.4, 0.5) is 0 Å². The first-order chi connectivity index (χ1) is 57.1. The number of hydrogen-bond donors (Lipinski definition) is 16. The number of ether oxygens (including phenoxy) is 12. The second kappa shape index (κ2) is 48.2. The van der Waals surface area contributed by atoms with E-state index in [0.29, 0.717) is 110 Å². The third-order valence-corrected chi connectivity index (χ3v) is 21.6. The van der Waals surface area contributed by atoms with Crippen molar-refractivity contribution in [3.05, 3.63) is 95.1 Å². The summed E-state index contributed by atoms with van der Waals surface area (Å²) in [6.45, 7) is 5.95. The smallest absolute Gasteiger partial charge is 0.186 e. The van der Waals surface area contributed by atoms with Gasteiger partial charge in [-0.05, 0) is 111 Å². The standard InChI is InChI=1S/C78H122N12O28/c1-47(31-49-19-21-55(111-43-51-35-87(83-79-51)23-11-3-7-15-27-107-75-71(103)67(99)63(95)59(39-91)115-75)57(33-49)113-45-53-37-89(85-81-53)25-13-5-9-17-29-109-77-73(105)69(101)65(97)61(41-93)117-77)48(2)32-50-20-22-56(112-44-52-36-88(84-80-52)24-12-4-8-16-28-108-76-72(104)68(100)64(96)60(40-92)116-76)58(34-50)114-46-54-38-90(86-82-54)26-14-6-10-18-30-110-78-74(106)70(102)66(98)62(42-94)118-78/h19-22,33-38,47-48,59-78,91-106H,3-18,23-32,39-46H2,1-2H3/t47-,48+,59-,60-,61-,62-,63+,64+,65+,66+,67+,68+,69+,70+,71-,72-,73-,74-,75-,76-,77-,78-/m1/s1. The van der Waals surface area contributed by atoms with Crippen LogP contribution >= 0.6 is 0 Å². The average Bonchev–Trinajstić information content (AvgIpc) is 1.56. The van der Waals surface area contributed by atoms with Crippen molar-refractivity contribution < 1.29 is 139 Å². The molecule has 40 nitrogen and oxygen atoms in total. The molecule has 10 rings (SSSR count). The minimum atomic E-state index is -1.51. The van der Waals surface area contributed by atoms with Gasteiger partial charge in [0.15, 0.2) is 48.2 Å². The van der Waals surface area contributed by atoms with Crippen LogP contribution in [0.1, 0.15) is 150 Å². The lowest BCUT2D eigenvalue weighted by molar-refractivity contribution is -0.301. The maximum absolute atomic E-state index is 10.3. The van der Waals surface area contributed by atoms with Crippen LogP contribution in [0.2, 0.25) is 0 Å². The highest BCUT2D eigenvalue weighted by atomic mass is 16.7. The Kier molecular flexibility index (Phi) is 38.2. The summed E-state index contributed by atoms with van der Waals surface area (Å²) >= 11 is 0. The number of unbranched alkanes of at least 4 members (excludes halogenated alkanes) is 12. The number of aryl methyl sites for hydroxylation is 4. The van der Waals surface area contributed by atoms with Crippen LogP contribution in [0, 0.1) is 11.8 Å². The minimum absolute atomic E-state index is 0.0849. The van der Waals surface area contributed by atoms with Crippen LogP contribution in [0.3, 0.4) is 0 Å². The Morgan fingerprint density at radius 3 is 0.788 bits per heavy atom. The largest absolute Gasteiger partial charge is 0.483 e. The molecule has 4 aromatic heterocycles. The van der Waals surface area contributed by atoms with Crippen molar-refractivity contribution in [1.29, 1.82) is 0 Å². The molecule has 0 radical (unpaired) electrons. The van der Waals surface area contributed by atoms with E-state index in [4.69, 9.17) is 56.8 Å². The molecule has 0 spiro atoms. The first kappa shape index (κ1) is 93.5. The topological polar surface area (TPSA) is 557 Å². The average molecular weight is 1680 g/mol. The van der Waals surface area contributed by atoms with E-state index in [0.717, 1.165) is 88.2 Å². The van der Waals surface area contributed by atoms with Gasteiger partial charge in [-0.1, -0.05) is 98.2 Å². The number of rotatable bonds is 53. The first-order valence-electron chi connectivity index (χ1n) is 41.1. The maximum atomic E-state index is 10.3. The second-order valence-corrected chi connectivity index (χ2v) is 30.9. The molecule has 0 aliphatic carbocycles. The molecule has 662 valence electrons. The van der Waals surface area contributed by atoms with Crippen molar-refractivity contribution >= 4 is 0 Å². The molecule has 4 saturated heterocycles. The fraction of sp³-hybridized carbons (Fsp3) is 0.744. The van der Waals surface area contributed by atoms with Gasteiger partial charge in [-0.3, -0.25) is 18.7 Å². The Bertz CT molecular complexity index is 3560. The van der Waals surface area contributed by atoms with E-state index in [1.54, 1.807) is 18.7 Å². The van der Waals surface area contributed by atoms with Gasteiger partial charge in [0.2, 0.25) is 0 Å². The van der Waals surface area contributed by atoms with Gasteiger partial charge < -0.3 is 139 Å².